The first kappa shape index (κ1) is 13.2. The summed E-state index contributed by atoms with van der Waals surface area (Å²) in [5.41, 5.74) is 2.94. The van der Waals surface area contributed by atoms with Crippen LogP contribution in [0.25, 0.3) is 11.1 Å². The minimum Gasteiger partial charge on any atom is -0.465 e. The van der Waals surface area contributed by atoms with Crippen molar-refractivity contribution in [2.24, 2.45) is 0 Å². The van der Waals surface area contributed by atoms with Crippen molar-refractivity contribution in [1.29, 1.82) is 0 Å². The maximum atomic E-state index is 11.4. The molecule has 0 unspecified atom stereocenters. The second-order valence-electron chi connectivity index (χ2n) is 3.91. The summed E-state index contributed by atoms with van der Waals surface area (Å²) in [6.07, 6.45) is 5.37. The van der Waals surface area contributed by atoms with Crippen molar-refractivity contribution in [2.45, 2.75) is 0 Å². The molecule has 3 heteroatoms. The molecule has 0 radical (unpaired) electrons. The summed E-state index contributed by atoms with van der Waals surface area (Å²) in [7, 11) is 1.33. The number of carbonyl (C=O) groups is 1. The largest absolute Gasteiger partial charge is 0.465 e. The van der Waals surface area contributed by atoms with E-state index >= 15 is 0 Å². The molecule has 0 saturated carbocycles. The number of rotatable bonds is 2. The minimum absolute atomic E-state index is 0.411. The summed E-state index contributed by atoms with van der Waals surface area (Å²) in [6, 6.07) is 12.6. The molecule has 19 heavy (non-hydrogen) atoms. The highest BCUT2D eigenvalue weighted by molar-refractivity contribution is 6.33. The molecule has 0 aliphatic carbocycles. The highest BCUT2D eigenvalue weighted by Crippen LogP contribution is 2.29. The van der Waals surface area contributed by atoms with Gasteiger partial charge in [0.1, 0.15) is 0 Å². The van der Waals surface area contributed by atoms with Crippen molar-refractivity contribution in [3.8, 4) is 23.5 Å². The van der Waals surface area contributed by atoms with Crippen molar-refractivity contribution >= 4 is 17.6 Å². The van der Waals surface area contributed by atoms with E-state index in [1.807, 2.05) is 24.3 Å². The van der Waals surface area contributed by atoms with Gasteiger partial charge in [-0.05, 0) is 29.8 Å². The molecule has 0 fully saturated rings. The van der Waals surface area contributed by atoms with E-state index in [1.54, 1.807) is 18.2 Å². The lowest BCUT2D eigenvalue weighted by molar-refractivity contribution is 0.0601. The van der Waals surface area contributed by atoms with Gasteiger partial charge in [0.15, 0.2) is 0 Å². The van der Waals surface area contributed by atoms with Gasteiger partial charge in [-0.2, -0.15) is 0 Å². The Morgan fingerprint density at radius 3 is 2.68 bits per heavy atom. The van der Waals surface area contributed by atoms with Crippen molar-refractivity contribution in [3.05, 3.63) is 58.6 Å². The van der Waals surface area contributed by atoms with Crippen LogP contribution in [0.3, 0.4) is 0 Å². The monoisotopic (exact) mass is 270 g/mol. The average Bonchev–Trinajstić information content (AvgIpc) is 2.46. The van der Waals surface area contributed by atoms with Gasteiger partial charge in [0.05, 0.1) is 12.7 Å². The lowest BCUT2D eigenvalue weighted by atomic mass is 10.0. The second kappa shape index (κ2) is 5.60. The molecule has 0 aliphatic heterocycles. The van der Waals surface area contributed by atoms with Crippen molar-refractivity contribution in [1.82, 2.24) is 0 Å². The summed E-state index contributed by atoms with van der Waals surface area (Å²) in [4.78, 5) is 11.4. The first-order valence-corrected chi connectivity index (χ1v) is 5.98. The Morgan fingerprint density at radius 1 is 1.26 bits per heavy atom. The van der Waals surface area contributed by atoms with E-state index in [2.05, 4.69) is 10.7 Å². The highest BCUT2D eigenvalue weighted by Gasteiger charge is 2.10. The third-order valence-electron chi connectivity index (χ3n) is 2.73. The van der Waals surface area contributed by atoms with E-state index in [-0.39, 0.29) is 0 Å². The molecule has 0 aromatic heterocycles. The quantitative estimate of drug-likeness (QED) is 0.613. The molecule has 0 amide bonds. The van der Waals surface area contributed by atoms with E-state index in [0.29, 0.717) is 10.6 Å². The number of hydrogen-bond acceptors (Lipinski definition) is 2. The van der Waals surface area contributed by atoms with E-state index in [0.717, 1.165) is 16.7 Å². The van der Waals surface area contributed by atoms with E-state index < -0.39 is 5.97 Å². The lowest BCUT2D eigenvalue weighted by Gasteiger charge is -2.07. The van der Waals surface area contributed by atoms with Crippen LogP contribution < -0.4 is 0 Å². The highest BCUT2D eigenvalue weighted by atomic mass is 35.5. The number of methoxy groups -OCH3 is 1. The Morgan fingerprint density at radius 2 is 2.05 bits per heavy atom. The summed E-state index contributed by atoms with van der Waals surface area (Å²) >= 11 is 6.20. The predicted molar refractivity (Wildman–Crippen MR) is 76.2 cm³/mol. The number of terminal acetylenes is 1. The number of hydrogen-bond donors (Lipinski definition) is 0. The van der Waals surface area contributed by atoms with Gasteiger partial charge in [-0.15, -0.1) is 6.42 Å². The van der Waals surface area contributed by atoms with Crippen LogP contribution >= 0.6 is 11.6 Å². The maximum Gasteiger partial charge on any atom is 0.337 e. The number of carbonyl (C=O) groups excluding carboxylic acids is 1. The molecule has 0 aliphatic rings. The Balaban J connectivity index is 2.46. The molecular weight excluding hydrogens is 260 g/mol. The van der Waals surface area contributed by atoms with Crippen LogP contribution in [0.4, 0.5) is 0 Å². The molecule has 0 saturated heterocycles. The zero-order valence-electron chi connectivity index (χ0n) is 10.3. The van der Waals surface area contributed by atoms with Gasteiger partial charge >= 0.3 is 5.97 Å². The van der Waals surface area contributed by atoms with Gasteiger partial charge in [-0.3, -0.25) is 0 Å². The second-order valence-corrected chi connectivity index (χ2v) is 4.32. The van der Waals surface area contributed by atoms with E-state index in [4.69, 9.17) is 18.0 Å². The van der Waals surface area contributed by atoms with Crippen LogP contribution in [0, 0.1) is 12.3 Å². The van der Waals surface area contributed by atoms with E-state index in [1.165, 1.54) is 7.11 Å². The third-order valence-corrected chi connectivity index (χ3v) is 3.04. The third kappa shape index (κ3) is 2.78. The fourth-order valence-corrected chi connectivity index (χ4v) is 2.06. The molecule has 0 N–H and O–H groups in total. The summed E-state index contributed by atoms with van der Waals surface area (Å²) in [6.45, 7) is 0. The number of esters is 1. The summed E-state index contributed by atoms with van der Waals surface area (Å²) in [5.74, 6) is 2.17. The molecule has 2 nitrogen and oxygen atoms in total. The fraction of sp³-hybridized carbons (Fsp3) is 0.0625. The van der Waals surface area contributed by atoms with Gasteiger partial charge in [0.25, 0.3) is 0 Å². The van der Waals surface area contributed by atoms with E-state index in [9.17, 15) is 4.79 Å². The van der Waals surface area contributed by atoms with Crippen LogP contribution in [0.15, 0.2) is 42.5 Å². The Kier molecular flexibility index (Phi) is 3.89. The Labute approximate surface area is 117 Å². The van der Waals surface area contributed by atoms with Gasteiger partial charge in [0, 0.05) is 16.1 Å². The van der Waals surface area contributed by atoms with Crippen LogP contribution in [0.2, 0.25) is 5.02 Å². The summed E-state index contributed by atoms with van der Waals surface area (Å²) < 4.78 is 4.65. The van der Waals surface area contributed by atoms with Gasteiger partial charge in [0.2, 0.25) is 0 Å². The topological polar surface area (TPSA) is 26.3 Å². The number of benzene rings is 2. The molecule has 94 valence electrons. The SMILES string of the molecule is C#Cc1cccc(-c2ccc(C(=O)OC)cc2Cl)c1. The van der Waals surface area contributed by atoms with Crippen LogP contribution in [-0.4, -0.2) is 13.1 Å². The first-order valence-electron chi connectivity index (χ1n) is 5.60. The molecule has 0 spiro atoms. The zero-order chi connectivity index (χ0) is 13.8. The Hall–Kier alpha value is -2.24. The molecular formula is C16H11ClO2. The standard InChI is InChI=1S/C16H11ClO2/c1-3-11-5-4-6-12(9-11)14-8-7-13(10-15(14)17)16(18)19-2/h1,4-10H,2H3. The normalized spacial score (nSPS) is 9.74. The Bertz CT molecular complexity index is 669. The van der Waals surface area contributed by atoms with Crippen molar-refractivity contribution < 1.29 is 9.53 Å². The average molecular weight is 271 g/mol. The van der Waals surface area contributed by atoms with Gasteiger partial charge < -0.3 is 4.74 Å². The molecule has 0 heterocycles. The minimum atomic E-state index is -0.411. The zero-order valence-corrected chi connectivity index (χ0v) is 11.1. The van der Waals surface area contributed by atoms with Crippen molar-refractivity contribution in [2.75, 3.05) is 7.11 Å². The van der Waals surface area contributed by atoms with Gasteiger partial charge in [-0.1, -0.05) is 35.7 Å². The molecule has 2 rings (SSSR count). The lowest BCUT2D eigenvalue weighted by Crippen LogP contribution is -2.00. The number of ether oxygens (including phenoxy) is 1. The van der Waals surface area contributed by atoms with Crippen molar-refractivity contribution in [3.63, 3.8) is 0 Å². The maximum absolute atomic E-state index is 11.4. The van der Waals surface area contributed by atoms with Crippen LogP contribution in [0.1, 0.15) is 15.9 Å². The fourth-order valence-electron chi connectivity index (χ4n) is 1.77. The summed E-state index contributed by atoms with van der Waals surface area (Å²) in [5, 5.41) is 0.483. The molecule has 0 bridgehead atoms. The molecule has 2 aromatic carbocycles. The number of halogens is 1. The first-order chi connectivity index (χ1) is 9.15. The van der Waals surface area contributed by atoms with Gasteiger partial charge in [-0.25, -0.2) is 4.79 Å². The molecule has 0 atom stereocenters. The van der Waals surface area contributed by atoms with Crippen LogP contribution in [-0.2, 0) is 4.74 Å². The smallest absolute Gasteiger partial charge is 0.337 e. The molecule has 2 aromatic rings. The predicted octanol–water partition coefficient (Wildman–Crippen LogP) is 3.77. The van der Waals surface area contributed by atoms with Crippen LogP contribution in [0.5, 0.6) is 0 Å².